The fourth-order valence-corrected chi connectivity index (χ4v) is 4.27. The zero-order chi connectivity index (χ0) is 21.1. The van der Waals surface area contributed by atoms with Crippen LogP contribution in [0.25, 0.3) is 0 Å². The molecule has 2 aromatic rings. The number of morpholine rings is 1. The van der Waals surface area contributed by atoms with Crippen LogP contribution in [0.3, 0.4) is 0 Å². The number of methoxy groups -OCH3 is 1. The summed E-state index contributed by atoms with van der Waals surface area (Å²) in [4.78, 5) is 27.5. The molecule has 1 amide bonds. The van der Waals surface area contributed by atoms with E-state index < -0.39 is 5.82 Å². The molecule has 6 nitrogen and oxygen atoms in total. The number of rotatable bonds is 5. The molecule has 2 aromatic carbocycles. The molecule has 30 heavy (non-hydrogen) atoms. The zero-order valence-corrected chi connectivity index (χ0v) is 16.8. The maximum Gasteiger partial charge on any atom is 0.410 e. The van der Waals surface area contributed by atoms with Crippen molar-refractivity contribution < 1.29 is 28.2 Å². The van der Waals surface area contributed by atoms with E-state index in [1.165, 1.54) is 25.3 Å². The average Bonchev–Trinajstić information content (AvgIpc) is 2.77. The molecular formula is C23H24FNO5. The topological polar surface area (TPSA) is 65.1 Å². The number of halogens is 1. The summed E-state index contributed by atoms with van der Waals surface area (Å²) in [5, 5.41) is 0. The highest BCUT2D eigenvalue weighted by Gasteiger charge is 2.44. The molecule has 2 atom stereocenters. The van der Waals surface area contributed by atoms with Crippen LogP contribution >= 0.6 is 0 Å². The standard InChI is InChI=1S/C23H24FNO5/c1-28-21-11-16(7-8-20(21)24)22(26)17-9-18-13-29-14-19(10-17)25(18)23(27)30-12-15-5-3-2-4-6-15/h2-8,11,17-19H,9-10,12-14H2,1H3. The monoisotopic (exact) mass is 413 g/mol. The quantitative estimate of drug-likeness (QED) is 0.697. The molecule has 0 aliphatic carbocycles. The third-order valence-electron chi connectivity index (χ3n) is 5.74. The average molecular weight is 413 g/mol. The molecule has 7 heteroatoms. The molecule has 0 radical (unpaired) electrons. The number of fused-ring (bicyclic) bond motifs is 2. The summed E-state index contributed by atoms with van der Waals surface area (Å²) < 4.78 is 29.8. The van der Waals surface area contributed by atoms with Crippen molar-refractivity contribution in [1.82, 2.24) is 4.90 Å². The highest BCUT2D eigenvalue weighted by atomic mass is 19.1. The van der Waals surface area contributed by atoms with Crippen LogP contribution in [0.5, 0.6) is 5.75 Å². The van der Waals surface area contributed by atoms with Crippen molar-refractivity contribution in [1.29, 1.82) is 0 Å². The van der Waals surface area contributed by atoms with Crippen molar-refractivity contribution in [3.63, 3.8) is 0 Å². The van der Waals surface area contributed by atoms with Crippen LogP contribution in [0.15, 0.2) is 48.5 Å². The highest BCUT2D eigenvalue weighted by Crippen LogP contribution is 2.34. The van der Waals surface area contributed by atoms with Gasteiger partial charge in [-0.2, -0.15) is 0 Å². The van der Waals surface area contributed by atoms with Crippen molar-refractivity contribution in [3.8, 4) is 5.75 Å². The second-order valence-corrected chi connectivity index (χ2v) is 7.67. The molecule has 0 N–H and O–H groups in total. The molecular weight excluding hydrogens is 389 g/mol. The lowest BCUT2D eigenvalue weighted by Gasteiger charge is -2.47. The second-order valence-electron chi connectivity index (χ2n) is 7.67. The Labute approximate surface area is 174 Å². The number of piperidine rings is 1. The van der Waals surface area contributed by atoms with Crippen molar-refractivity contribution in [3.05, 3.63) is 65.5 Å². The summed E-state index contributed by atoms with van der Waals surface area (Å²) in [7, 11) is 1.37. The van der Waals surface area contributed by atoms with Gasteiger partial charge in [-0.3, -0.25) is 9.69 Å². The third-order valence-corrected chi connectivity index (χ3v) is 5.74. The van der Waals surface area contributed by atoms with Crippen LogP contribution in [-0.4, -0.2) is 49.2 Å². The molecule has 2 fully saturated rings. The number of Topliss-reactive ketones (excluding diaryl/α,β-unsaturated/α-hetero) is 1. The maximum atomic E-state index is 13.7. The van der Waals surface area contributed by atoms with Gasteiger partial charge in [0.15, 0.2) is 17.3 Å². The minimum Gasteiger partial charge on any atom is -0.494 e. The summed E-state index contributed by atoms with van der Waals surface area (Å²) in [5.74, 6) is -0.790. The molecule has 4 rings (SSSR count). The Morgan fingerprint density at radius 2 is 1.80 bits per heavy atom. The van der Waals surface area contributed by atoms with E-state index in [-0.39, 0.29) is 42.2 Å². The minimum absolute atomic E-state index is 0.0475. The van der Waals surface area contributed by atoms with Crippen LogP contribution in [-0.2, 0) is 16.1 Å². The maximum absolute atomic E-state index is 13.7. The first-order valence-electron chi connectivity index (χ1n) is 10.0. The van der Waals surface area contributed by atoms with Crippen LogP contribution in [0.1, 0.15) is 28.8 Å². The van der Waals surface area contributed by atoms with E-state index in [1.54, 1.807) is 4.90 Å². The number of carbonyl (C=O) groups is 2. The third kappa shape index (κ3) is 4.16. The van der Waals surface area contributed by atoms with Crippen LogP contribution in [0.4, 0.5) is 9.18 Å². The number of ether oxygens (including phenoxy) is 3. The fraction of sp³-hybridized carbons (Fsp3) is 0.391. The number of hydrogen-bond donors (Lipinski definition) is 0. The lowest BCUT2D eigenvalue weighted by molar-refractivity contribution is -0.0755. The predicted molar refractivity (Wildman–Crippen MR) is 107 cm³/mol. The van der Waals surface area contributed by atoms with Gasteiger partial charge in [0.1, 0.15) is 6.61 Å². The van der Waals surface area contributed by atoms with Gasteiger partial charge in [0, 0.05) is 11.5 Å². The number of carbonyl (C=O) groups excluding carboxylic acids is 2. The second kappa shape index (κ2) is 8.83. The van der Waals surface area contributed by atoms with Crippen molar-refractivity contribution in [2.45, 2.75) is 31.5 Å². The predicted octanol–water partition coefficient (Wildman–Crippen LogP) is 3.83. The van der Waals surface area contributed by atoms with Gasteiger partial charge in [-0.25, -0.2) is 9.18 Å². The van der Waals surface area contributed by atoms with Crippen molar-refractivity contribution in [2.24, 2.45) is 5.92 Å². The van der Waals surface area contributed by atoms with Crippen LogP contribution in [0.2, 0.25) is 0 Å². The zero-order valence-electron chi connectivity index (χ0n) is 16.8. The molecule has 2 bridgehead atoms. The Bertz CT molecular complexity index is 905. The van der Waals surface area contributed by atoms with Gasteiger partial charge < -0.3 is 14.2 Å². The number of hydrogen-bond acceptors (Lipinski definition) is 5. The van der Waals surface area contributed by atoms with E-state index >= 15 is 0 Å². The molecule has 2 saturated heterocycles. The van der Waals surface area contributed by atoms with Gasteiger partial charge in [-0.1, -0.05) is 30.3 Å². The van der Waals surface area contributed by atoms with Crippen LogP contribution in [0, 0.1) is 11.7 Å². The van der Waals surface area contributed by atoms with E-state index in [0.717, 1.165) is 5.56 Å². The lowest BCUT2D eigenvalue weighted by atomic mass is 9.81. The summed E-state index contributed by atoms with van der Waals surface area (Å²) >= 11 is 0. The Balaban J connectivity index is 1.44. The van der Waals surface area contributed by atoms with Crippen molar-refractivity contribution >= 4 is 11.9 Å². The molecule has 2 aliphatic rings. The van der Waals surface area contributed by atoms with E-state index in [0.29, 0.717) is 31.6 Å². The van der Waals surface area contributed by atoms with E-state index in [9.17, 15) is 14.0 Å². The number of ketones is 1. The highest BCUT2D eigenvalue weighted by molar-refractivity contribution is 5.98. The number of amides is 1. The molecule has 2 heterocycles. The first-order chi connectivity index (χ1) is 14.6. The fourth-order valence-electron chi connectivity index (χ4n) is 4.27. The Morgan fingerprint density at radius 3 is 2.47 bits per heavy atom. The van der Waals surface area contributed by atoms with Gasteiger partial charge in [0.05, 0.1) is 32.4 Å². The molecule has 2 aliphatic heterocycles. The molecule has 0 aromatic heterocycles. The largest absolute Gasteiger partial charge is 0.494 e. The Hall–Kier alpha value is -2.93. The summed E-state index contributed by atoms with van der Waals surface area (Å²) in [6.45, 7) is 0.940. The molecule has 2 unspecified atom stereocenters. The van der Waals surface area contributed by atoms with Gasteiger partial charge in [-0.05, 0) is 36.6 Å². The van der Waals surface area contributed by atoms with Crippen LogP contribution < -0.4 is 4.74 Å². The molecule has 0 spiro atoms. The lowest BCUT2D eigenvalue weighted by Crippen LogP contribution is -2.59. The SMILES string of the molecule is COc1cc(C(=O)C2CC3COCC(C2)N3C(=O)OCc2ccccc2)ccc1F. The Morgan fingerprint density at radius 1 is 1.10 bits per heavy atom. The normalized spacial score (nSPS) is 23.0. The van der Waals surface area contributed by atoms with Gasteiger partial charge in [-0.15, -0.1) is 0 Å². The first-order valence-corrected chi connectivity index (χ1v) is 10.0. The minimum atomic E-state index is -0.504. The van der Waals surface area contributed by atoms with Gasteiger partial charge >= 0.3 is 6.09 Å². The number of benzene rings is 2. The number of nitrogens with zero attached hydrogens (tertiary/aromatic N) is 1. The Kier molecular flexibility index (Phi) is 5.99. The smallest absolute Gasteiger partial charge is 0.410 e. The van der Waals surface area contributed by atoms with Crippen molar-refractivity contribution in [2.75, 3.05) is 20.3 Å². The van der Waals surface area contributed by atoms with E-state index in [4.69, 9.17) is 14.2 Å². The summed E-state index contributed by atoms with van der Waals surface area (Å²) in [6.07, 6.45) is 0.580. The van der Waals surface area contributed by atoms with E-state index in [2.05, 4.69) is 0 Å². The summed E-state index contributed by atoms with van der Waals surface area (Å²) in [5.41, 5.74) is 1.33. The van der Waals surface area contributed by atoms with Gasteiger partial charge in [0.25, 0.3) is 0 Å². The van der Waals surface area contributed by atoms with E-state index in [1.807, 2.05) is 30.3 Å². The molecule has 158 valence electrons. The van der Waals surface area contributed by atoms with Gasteiger partial charge in [0.2, 0.25) is 0 Å². The molecule has 0 saturated carbocycles. The summed E-state index contributed by atoms with van der Waals surface area (Å²) in [6, 6.07) is 13.2. The first kappa shape index (κ1) is 20.3.